The Labute approximate surface area is 209 Å². The second-order valence-corrected chi connectivity index (χ2v) is 10.8. The molecule has 0 aliphatic carbocycles. The van der Waals surface area contributed by atoms with Crippen molar-refractivity contribution in [2.45, 2.75) is 35.6 Å². The first kappa shape index (κ1) is 24.1. The molecule has 4 aromatic rings. The van der Waals surface area contributed by atoms with Crippen LogP contribution in [0.15, 0.2) is 120 Å². The van der Waals surface area contributed by atoms with E-state index in [1.807, 2.05) is 72.8 Å². The molecule has 3 aromatic carbocycles. The van der Waals surface area contributed by atoms with E-state index in [1.54, 1.807) is 27.8 Å². The summed E-state index contributed by atoms with van der Waals surface area (Å²) in [6.07, 6.45) is 3.04. The zero-order valence-electron chi connectivity index (χ0n) is 19.1. The second kappa shape index (κ2) is 11.9. The van der Waals surface area contributed by atoms with Crippen LogP contribution in [0.5, 0.6) is 0 Å². The first-order valence-electron chi connectivity index (χ1n) is 11.4. The predicted octanol–water partition coefficient (Wildman–Crippen LogP) is 7.10. The fourth-order valence-electron chi connectivity index (χ4n) is 3.96. The summed E-state index contributed by atoms with van der Waals surface area (Å²) in [4.78, 5) is 17.8. The maximum atomic E-state index is 13.4. The van der Waals surface area contributed by atoms with Gasteiger partial charge in [0.2, 0.25) is 5.91 Å². The van der Waals surface area contributed by atoms with E-state index in [0.717, 1.165) is 28.1 Å². The van der Waals surface area contributed by atoms with Crippen LogP contribution >= 0.6 is 21.6 Å². The van der Waals surface area contributed by atoms with Gasteiger partial charge in [-0.25, -0.2) is 4.98 Å². The molecule has 1 amide bonds. The van der Waals surface area contributed by atoms with Gasteiger partial charge in [0.25, 0.3) is 0 Å². The summed E-state index contributed by atoms with van der Waals surface area (Å²) in [6.45, 7) is 2.16. The lowest BCUT2D eigenvalue weighted by Crippen LogP contribution is -2.47. The zero-order valence-corrected chi connectivity index (χ0v) is 20.8. The van der Waals surface area contributed by atoms with Crippen LogP contribution in [-0.2, 0) is 10.3 Å². The van der Waals surface area contributed by atoms with Crippen LogP contribution in [0.2, 0.25) is 0 Å². The molecule has 4 rings (SSSR count). The number of hydrogen-bond acceptors (Lipinski definition) is 4. The van der Waals surface area contributed by atoms with Crippen molar-refractivity contribution in [3.63, 3.8) is 0 Å². The van der Waals surface area contributed by atoms with Gasteiger partial charge < -0.3 is 5.32 Å². The Morgan fingerprint density at radius 3 is 1.76 bits per heavy atom. The van der Waals surface area contributed by atoms with Crippen LogP contribution in [-0.4, -0.2) is 16.1 Å². The standard InChI is InChI=1S/C29H28N2OS2/c1-23(33-34-28-19-11-12-22-30-28)20-21-27(32)31-29(24-13-5-2-6-14-24,25-15-7-3-8-16-25)26-17-9-4-10-18-26/h2-19,22-23H,20-21H2,1H3,(H,31,32). The highest BCUT2D eigenvalue weighted by molar-refractivity contribution is 8.76. The highest BCUT2D eigenvalue weighted by Gasteiger charge is 2.37. The van der Waals surface area contributed by atoms with E-state index in [0.29, 0.717) is 11.7 Å². The van der Waals surface area contributed by atoms with Crippen LogP contribution in [0, 0.1) is 0 Å². The summed E-state index contributed by atoms with van der Waals surface area (Å²) < 4.78 is 0. The lowest BCUT2D eigenvalue weighted by atomic mass is 9.77. The third kappa shape index (κ3) is 5.91. The van der Waals surface area contributed by atoms with Gasteiger partial charge in [-0.3, -0.25) is 4.79 Å². The zero-order chi connectivity index (χ0) is 23.6. The van der Waals surface area contributed by atoms with Crippen molar-refractivity contribution in [1.29, 1.82) is 0 Å². The molecule has 1 atom stereocenters. The Bertz CT molecular complexity index is 1060. The average Bonchev–Trinajstić information content (AvgIpc) is 2.91. The molecule has 1 aromatic heterocycles. The number of hydrogen-bond donors (Lipinski definition) is 1. The smallest absolute Gasteiger partial charge is 0.221 e. The van der Waals surface area contributed by atoms with Gasteiger partial charge in [-0.05, 0) is 46.0 Å². The Morgan fingerprint density at radius 1 is 0.794 bits per heavy atom. The van der Waals surface area contributed by atoms with Crippen LogP contribution in [0.3, 0.4) is 0 Å². The summed E-state index contributed by atoms with van der Waals surface area (Å²) in [5.74, 6) is 0.0341. The van der Waals surface area contributed by atoms with E-state index in [1.165, 1.54) is 0 Å². The van der Waals surface area contributed by atoms with Gasteiger partial charge in [0.05, 0.1) is 0 Å². The largest absolute Gasteiger partial charge is 0.338 e. The Balaban J connectivity index is 1.56. The molecule has 0 saturated carbocycles. The van der Waals surface area contributed by atoms with Gasteiger partial charge >= 0.3 is 0 Å². The molecular weight excluding hydrogens is 456 g/mol. The monoisotopic (exact) mass is 484 g/mol. The highest BCUT2D eigenvalue weighted by Crippen LogP contribution is 2.38. The minimum absolute atomic E-state index is 0.0341. The fraction of sp³-hybridized carbons (Fsp3) is 0.172. The topological polar surface area (TPSA) is 42.0 Å². The Kier molecular flexibility index (Phi) is 8.45. The molecule has 5 heteroatoms. The average molecular weight is 485 g/mol. The van der Waals surface area contributed by atoms with Crippen molar-refractivity contribution in [3.05, 3.63) is 132 Å². The lowest BCUT2D eigenvalue weighted by Gasteiger charge is -2.37. The van der Waals surface area contributed by atoms with Gasteiger partial charge in [-0.2, -0.15) is 0 Å². The normalized spacial score (nSPS) is 12.1. The number of aromatic nitrogens is 1. The summed E-state index contributed by atoms with van der Waals surface area (Å²) in [7, 11) is 3.41. The molecule has 1 N–H and O–H groups in total. The second-order valence-electron chi connectivity index (χ2n) is 8.09. The number of carbonyl (C=O) groups excluding carboxylic acids is 1. The number of carbonyl (C=O) groups is 1. The molecule has 1 unspecified atom stereocenters. The summed E-state index contributed by atoms with van der Waals surface area (Å²) in [6, 6.07) is 36.6. The molecule has 1 heterocycles. The first-order valence-corrected chi connectivity index (χ1v) is 13.6. The van der Waals surface area contributed by atoms with Crippen molar-refractivity contribution in [2.75, 3.05) is 0 Å². The van der Waals surface area contributed by atoms with Gasteiger partial charge in [0.15, 0.2) is 0 Å². The van der Waals surface area contributed by atoms with Gasteiger partial charge in [0.1, 0.15) is 10.6 Å². The molecular formula is C29H28N2OS2. The van der Waals surface area contributed by atoms with Gasteiger partial charge in [0, 0.05) is 17.9 Å². The number of pyridine rings is 1. The predicted molar refractivity (Wildman–Crippen MR) is 144 cm³/mol. The minimum Gasteiger partial charge on any atom is -0.338 e. The van der Waals surface area contributed by atoms with Crippen LogP contribution < -0.4 is 5.32 Å². The maximum absolute atomic E-state index is 13.4. The van der Waals surface area contributed by atoms with Crippen LogP contribution in [0.4, 0.5) is 0 Å². The summed E-state index contributed by atoms with van der Waals surface area (Å²) >= 11 is 0. The number of amides is 1. The molecule has 0 bridgehead atoms. The lowest BCUT2D eigenvalue weighted by molar-refractivity contribution is -0.122. The number of benzene rings is 3. The molecule has 0 fully saturated rings. The van der Waals surface area contributed by atoms with Crippen molar-refractivity contribution < 1.29 is 4.79 Å². The third-order valence-electron chi connectivity index (χ3n) is 5.66. The van der Waals surface area contributed by atoms with E-state index >= 15 is 0 Å². The molecule has 0 aliphatic heterocycles. The number of rotatable bonds is 10. The molecule has 0 radical (unpaired) electrons. The minimum atomic E-state index is -0.764. The number of nitrogens with one attached hydrogen (secondary N) is 1. The fourth-order valence-corrected chi connectivity index (χ4v) is 6.05. The Morgan fingerprint density at radius 2 is 1.29 bits per heavy atom. The molecule has 172 valence electrons. The summed E-state index contributed by atoms with van der Waals surface area (Å²) in [5.41, 5.74) is 2.34. The van der Waals surface area contributed by atoms with E-state index in [9.17, 15) is 4.79 Å². The molecule has 0 spiro atoms. The SMILES string of the molecule is CC(CCC(=O)NC(c1ccccc1)(c1ccccc1)c1ccccc1)SSc1ccccn1. The Hall–Kier alpha value is -3.02. The van der Waals surface area contributed by atoms with E-state index in [-0.39, 0.29) is 5.91 Å². The van der Waals surface area contributed by atoms with Crippen LogP contribution in [0.25, 0.3) is 0 Å². The van der Waals surface area contributed by atoms with Crippen molar-refractivity contribution >= 4 is 27.5 Å². The van der Waals surface area contributed by atoms with E-state index < -0.39 is 5.54 Å². The quantitative estimate of drug-likeness (QED) is 0.193. The van der Waals surface area contributed by atoms with Crippen molar-refractivity contribution in [1.82, 2.24) is 10.3 Å². The molecule has 0 saturated heterocycles. The molecule has 3 nitrogen and oxygen atoms in total. The van der Waals surface area contributed by atoms with Gasteiger partial charge in [-0.15, -0.1) is 0 Å². The van der Waals surface area contributed by atoms with Crippen molar-refractivity contribution in [3.8, 4) is 0 Å². The molecule has 34 heavy (non-hydrogen) atoms. The first-order chi connectivity index (χ1) is 16.7. The van der Waals surface area contributed by atoms with Gasteiger partial charge in [-0.1, -0.05) is 115 Å². The maximum Gasteiger partial charge on any atom is 0.221 e. The third-order valence-corrected chi connectivity index (χ3v) is 8.52. The van der Waals surface area contributed by atoms with Crippen molar-refractivity contribution in [2.24, 2.45) is 0 Å². The van der Waals surface area contributed by atoms with Crippen LogP contribution in [0.1, 0.15) is 36.5 Å². The van der Waals surface area contributed by atoms with E-state index in [2.05, 4.69) is 53.6 Å². The number of nitrogens with zero attached hydrogens (tertiary/aromatic N) is 1. The molecule has 0 aliphatic rings. The summed E-state index contributed by atoms with van der Waals surface area (Å²) in [5, 5.41) is 4.74. The van der Waals surface area contributed by atoms with E-state index in [4.69, 9.17) is 0 Å². The highest BCUT2D eigenvalue weighted by atomic mass is 33.1.